The molecule has 0 aliphatic heterocycles. The number of amides is 2. The maximum atomic E-state index is 11.3. The predicted octanol–water partition coefficient (Wildman–Crippen LogP) is 1.74. The molecule has 98 valence electrons. The zero-order valence-corrected chi connectivity index (χ0v) is 10.8. The van der Waals surface area contributed by atoms with Gasteiger partial charge in [0.1, 0.15) is 0 Å². The number of benzene rings is 1. The Morgan fingerprint density at radius 1 is 1.22 bits per heavy atom. The Bertz CT molecular complexity index is 395. The van der Waals surface area contributed by atoms with Gasteiger partial charge < -0.3 is 11.1 Å². The highest BCUT2D eigenvalue weighted by Gasteiger charge is 2.08. The third-order valence-electron chi connectivity index (χ3n) is 2.48. The summed E-state index contributed by atoms with van der Waals surface area (Å²) in [6, 6.07) is 9.68. The fourth-order valence-electron chi connectivity index (χ4n) is 1.49. The molecule has 0 heterocycles. The van der Waals surface area contributed by atoms with E-state index in [1.165, 1.54) is 0 Å². The van der Waals surface area contributed by atoms with Crippen LogP contribution in [-0.2, 0) is 9.59 Å². The number of hydrogen-bond acceptors (Lipinski definition) is 2. The minimum Gasteiger partial charge on any atom is -0.370 e. The van der Waals surface area contributed by atoms with Gasteiger partial charge in [-0.1, -0.05) is 30.3 Å². The summed E-state index contributed by atoms with van der Waals surface area (Å²) < 4.78 is 0. The minimum absolute atomic E-state index is 0.0782. The molecule has 0 aliphatic rings. The zero-order chi connectivity index (χ0) is 13.4. The third-order valence-corrected chi connectivity index (χ3v) is 2.95. The van der Waals surface area contributed by atoms with Crippen LogP contribution in [0, 0.1) is 0 Å². The molecule has 0 unspecified atom stereocenters. The summed E-state index contributed by atoms with van der Waals surface area (Å²) in [5.41, 5.74) is 5.99. The lowest BCUT2D eigenvalue weighted by Crippen LogP contribution is -2.26. The molecule has 1 atom stereocenters. The molecule has 0 radical (unpaired) electrons. The van der Waals surface area contributed by atoms with Crippen molar-refractivity contribution >= 4 is 23.4 Å². The molecule has 0 aromatic heterocycles. The molecule has 2 amide bonds. The van der Waals surface area contributed by atoms with Crippen molar-refractivity contribution in [1.29, 1.82) is 0 Å². The summed E-state index contributed by atoms with van der Waals surface area (Å²) in [4.78, 5) is 21.8. The van der Waals surface area contributed by atoms with Gasteiger partial charge in [0.05, 0.1) is 5.38 Å². The van der Waals surface area contributed by atoms with E-state index in [9.17, 15) is 9.59 Å². The number of halogens is 1. The van der Waals surface area contributed by atoms with E-state index in [1.807, 2.05) is 30.3 Å². The van der Waals surface area contributed by atoms with E-state index in [2.05, 4.69) is 5.32 Å². The Labute approximate surface area is 112 Å². The second-order valence-electron chi connectivity index (χ2n) is 3.98. The van der Waals surface area contributed by atoms with Crippen molar-refractivity contribution in [2.45, 2.75) is 24.6 Å². The number of carbonyl (C=O) groups is 2. The average molecular weight is 269 g/mol. The van der Waals surface area contributed by atoms with Gasteiger partial charge in [0.15, 0.2) is 0 Å². The van der Waals surface area contributed by atoms with Crippen LogP contribution in [0.25, 0.3) is 0 Å². The highest BCUT2D eigenvalue weighted by molar-refractivity contribution is 6.20. The molecular weight excluding hydrogens is 252 g/mol. The fourth-order valence-corrected chi connectivity index (χ4v) is 1.75. The van der Waals surface area contributed by atoms with Crippen LogP contribution in [0.2, 0.25) is 0 Å². The van der Waals surface area contributed by atoms with Gasteiger partial charge in [0, 0.05) is 19.4 Å². The molecule has 1 rings (SSSR count). The second-order valence-corrected chi connectivity index (χ2v) is 4.51. The normalized spacial score (nSPS) is 11.8. The van der Waals surface area contributed by atoms with Crippen molar-refractivity contribution in [3.63, 3.8) is 0 Å². The Kier molecular flexibility index (Phi) is 6.22. The monoisotopic (exact) mass is 268 g/mol. The van der Waals surface area contributed by atoms with Crippen LogP contribution in [0.5, 0.6) is 0 Å². The van der Waals surface area contributed by atoms with Crippen molar-refractivity contribution in [2.24, 2.45) is 5.73 Å². The van der Waals surface area contributed by atoms with Crippen molar-refractivity contribution in [1.82, 2.24) is 5.32 Å². The van der Waals surface area contributed by atoms with E-state index in [1.54, 1.807) is 0 Å². The fraction of sp³-hybridized carbons (Fsp3) is 0.385. The number of nitrogens with two attached hydrogens (primary N) is 1. The van der Waals surface area contributed by atoms with Crippen molar-refractivity contribution < 1.29 is 9.59 Å². The van der Waals surface area contributed by atoms with E-state index in [4.69, 9.17) is 17.3 Å². The predicted molar refractivity (Wildman–Crippen MR) is 71.1 cm³/mol. The summed E-state index contributed by atoms with van der Waals surface area (Å²) in [6.45, 7) is 0.487. The molecule has 18 heavy (non-hydrogen) atoms. The van der Waals surface area contributed by atoms with Crippen LogP contribution in [0.1, 0.15) is 30.2 Å². The van der Waals surface area contributed by atoms with Crippen LogP contribution in [0.15, 0.2) is 30.3 Å². The number of primary amides is 1. The average Bonchev–Trinajstić information content (AvgIpc) is 2.37. The minimum atomic E-state index is -0.468. The van der Waals surface area contributed by atoms with Crippen LogP contribution in [0.4, 0.5) is 0 Å². The summed E-state index contributed by atoms with van der Waals surface area (Å²) >= 11 is 6.19. The van der Waals surface area contributed by atoms with Gasteiger partial charge in [0.2, 0.25) is 11.8 Å². The molecule has 5 heteroatoms. The highest BCUT2D eigenvalue weighted by atomic mass is 35.5. The number of alkyl halides is 1. The van der Waals surface area contributed by atoms with Gasteiger partial charge in [-0.25, -0.2) is 0 Å². The van der Waals surface area contributed by atoms with Gasteiger partial charge in [-0.05, 0) is 12.0 Å². The Morgan fingerprint density at radius 2 is 1.89 bits per heavy atom. The lowest BCUT2D eigenvalue weighted by molar-refractivity contribution is -0.125. The number of nitrogens with one attached hydrogen (secondary N) is 1. The lowest BCUT2D eigenvalue weighted by atomic mass is 10.1. The Morgan fingerprint density at radius 3 is 2.50 bits per heavy atom. The van der Waals surface area contributed by atoms with Gasteiger partial charge in [-0.3, -0.25) is 9.59 Å². The first-order valence-corrected chi connectivity index (χ1v) is 6.27. The third kappa shape index (κ3) is 5.68. The molecule has 3 N–H and O–H groups in total. The van der Waals surface area contributed by atoms with Crippen LogP contribution in [-0.4, -0.2) is 18.4 Å². The van der Waals surface area contributed by atoms with Crippen LogP contribution >= 0.6 is 11.6 Å². The van der Waals surface area contributed by atoms with E-state index in [0.717, 1.165) is 5.56 Å². The highest BCUT2D eigenvalue weighted by Crippen LogP contribution is 2.22. The quantitative estimate of drug-likeness (QED) is 0.740. The molecule has 0 bridgehead atoms. The van der Waals surface area contributed by atoms with Crippen molar-refractivity contribution in [3.05, 3.63) is 35.9 Å². The van der Waals surface area contributed by atoms with Gasteiger partial charge >= 0.3 is 0 Å². The summed E-state index contributed by atoms with van der Waals surface area (Å²) in [7, 11) is 0. The van der Waals surface area contributed by atoms with E-state index in [0.29, 0.717) is 13.0 Å². The number of rotatable bonds is 7. The van der Waals surface area contributed by atoms with Crippen molar-refractivity contribution in [2.75, 3.05) is 6.54 Å². The van der Waals surface area contributed by atoms with E-state index >= 15 is 0 Å². The molecule has 4 nitrogen and oxygen atoms in total. The van der Waals surface area contributed by atoms with Crippen LogP contribution < -0.4 is 11.1 Å². The number of carbonyl (C=O) groups excluding carboxylic acids is 2. The molecule has 0 spiro atoms. The smallest absolute Gasteiger partial charge is 0.220 e. The molecule has 0 saturated heterocycles. The maximum Gasteiger partial charge on any atom is 0.220 e. The first kappa shape index (κ1) is 14.5. The molecule has 0 fully saturated rings. The van der Waals surface area contributed by atoms with Gasteiger partial charge in [-0.15, -0.1) is 11.6 Å². The molecule has 1 aromatic rings. The zero-order valence-electron chi connectivity index (χ0n) is 10.1. The van der Waals surface area contributed by atoms with Gasteiger partial charge in [-0.2, -0.15) is 0 Å². The number of hydrogen-bond donors (Lipinski definition) is 2. The topological polar surface area (TPSA) is 72.2 Å². The summed E-state index contributed by atoms with van der Waals surface area (Å²) in [5.74, 6) is -0.643. The molecule has 0 aliphatic carbocycles. The summed E-state index contributed by atoms with van der Waals surface area (Å²) in [6.07, 6.45) is 0.857. The lowest BCUT2D eigenvalue weighted by Gasteiger charge is -2.10. The standard InChI is InChI=1S/C13H17ClN2O2/c14-11(10-4-2-1-3-5-10)8-9-16-13(18)7-6-12(15)17/h1-5,11H,6-9H2,(H2,15,17)(H,16,18)/t11-/m1/s1. The van der Waals surface area contributed by atoms with Gasteiger partial charge in [0.25, 0.3) is 0 Å². The maximum absolute atomic E-state index is 11.3. The SMILES string of the molecule is NC(=O)CCC(=O)NCC[C@@H](Cl)c1ccccc1. The van der Waals surface area contributed by atoms with E-state index < -0.39 is 5.91 Å². The Balaban J connectivity index is 2.21. The summed E-state index contributed by atoms with van der Waals surface area (Å²) in [5, 5.41) is 2.58. The Hall–Kier alpha value is -1.55. The van der Waals surface area contributed by atoms with Crippen molar-refractivity contribution in [3.8, 4) is 0 Å². The van der Waals surface area contributed by atoms with E-state index in [-0.39, 0.29) is 24.1 Å². The molecule has 1 aromatic carbocycles. The first-order chi connectivity index (χ1) is 8.59. The molecular formula is C13H17ClN2O2. The van der Waals surface area contributed by atoms with Crippen LogP contribution in [0.3, 0.4) is 0 Å². The second kappa shape index (κ2) is 7.71. The largest absolute Gasteiger partial charge is 0.370 e. The first-order valence-electron chi connectivity index (χ1n) is 5.83. The molecule has 0 saturated carbocycles.